The third-order valence-corrected chi connectivity index (χ3v) is 11.1. The summed E-state index contributed by atoms with van der Waals surface area (Å²) in [4.78, 5) is 24.8. The quantitative estimate of drug-likeness (QED) is 0.273. The van der Waals surface area contributed by atoms with Crippen molar-refractivity contribution in [1.29, 1.82) is 0 Å². The highest BCUT2D eigenvalue weighted by molar-refractivity contribution is 6.74. The van der Waals surface area contributed by atoms with Crippen LogP contribution in [-0.2, 0) is 18.8 Å². The number of nitrogens with two attached hydrogens (primary N) is 1. The van der Waals surface area contributed by atoms with Crippen LogP contribution in [0.4, 0.5) is 0 Å². The fourth-order valence-corrected chi connectivity index (χ4v) is 4.78. The van der Waals surface area contributed by atoms with E-state index in [9.17, 15) is 9.59 Å². The molecule has 0 unspecified atom stereocenters. The highest BCUT2D eigenvalue weighted by Crippen LogP contribution is 2.41. The van der Waals surface area contributed by atoms with Crippen molar-refractivity contribution in [3.63, 3.8) is 0 Å². The third-order valence-electron chi connectivity index (χ3n) is 6.53. The summed E-state index contributed by atoms with van der Waals surface area (Å²) in [6, 6.07) is 0. The largest absolute Gasteiger partial charge is 0.469 e. The van der Waals surface area contributed by atoms with Gasteiger partial charge in [0.1, 0.15) is 5.78 Å². The standard InChI is InChI=1S/C21H39NO4Si/c1-8-11-16-18(23)13-12-17(19(24)25-5)21(16,22)14-9-10-15-26-27(6,7)20(2,3)4/h8,16-17H,1,9-15,22H2,2-7H3/t16-,17-,21-/m0/s1. The van der Waals surface area contributed by atoms with E-state index in [1.807, 2.05) is 0 Å². The Bertz CT molecular complexity index is 541. The molecule has 0 heterocycles. The average molecular weight is 398 g/mol. The Morgan fingerprint density at radius 3 is 2.52 bits per heavy atom. The van der Waals surface area contributed by atoms with Crippen molar-refractivity contribution in [2.45, 2.75) is 83.0 Å². The van der Waals surface area contributed by atoms with Gasteiger partial charge in [-0.3, -0.25) is 9.59 Å². The zero-order valence-electron chi connectivity index (χ0n) is 18.1. The van der Waals surface area contributed by atoms with Crippen LogP contribution in [0.25, 0.3) is 0 Å². The van der Waals surface area contributed by atoms with Crippen LogP contribution in [0.2, 0.25) is 18.1 Å². The Morgan fingerprint density at radius 1 is 1.37 bits per heavy atom. The second kappa shape index (κ2) is 9.48. The highest BCUT2D eigenvalue weighted by atomic mass is 28.4. The van der Waals surface area contributed by atoms with Crippen molar-refractivity contribution in [3.05, 3.63) is 12.7 Å². The molecule has 1 saturated carbocycles. The van der Waals surface area contributed by atoms with Gasteiger partial charge in [-0.2, -0.15) is 0 Å². The van der Waals surface area contributed by atoms with Gasteiger partial charge in [-0.15, -0.1) is 6.58 Å². The SMILES string of the molecule is C=CC[C@H]1C(=O)CC[C@@H](C(=O)OC)[C@]1(N)CCCCO[Si](C)(C)C(C)(C)C. The Labute approximate surface area is 166 Å². The Hall–Kier alpha value is -0.983. The molecule has 27 heavy (non-hydrogen) atoms. The van der Waals surface area contributed by atoms with E-state index < -0.39 is 19.8 Å². The summed E-state index contributed by atoms with van der Waals surface area (Å²) in [6.45, 7) is 15.6. The molecule has 0 aromatic rings. The molecule has 0 amide bonds. The van der Waals surface area contributed by atoms with E-state index in [1.165, 1.54) is 7.11 Å². The second-order valence-corrected chi connectivity index (χ2v) is 14.1. The Kier molecular flexibility index (Phi) is 8.45. The highest BCUT2D eigenvalue weighted by Gasteiger charge is 2.51. The van der Waals surface area contributed by atoms with Crippen LogP contribution in [0.1, 0.15) is 59.3 Å². The number of carbonyl (C=O) groups excluding carboxylic acids is 2. The number of Topliss-reactive ketones (excluding diaryl/α,β-unsaturated/α-hetero) is 1. The van der Waals surface area contributed by atoms with Gasteiger partial charge < -0.3 is 14.9 Å². The van der Waals surface area contributed by atoms with E-state index in [2.05, 4.69) is 40.4 Å². The van der Waals surface area contributed by atoms with Gasteiger partial charge in [0.25, 0.3) is 0 Å². The first-order valence-electron chi connectivity index (χ1n) is 10.0. The predicted molar refractivity (Wildman–Crippen MR) is 112 cm³/mol. The monoisotopic (exact) mass is 397 g/mol. The van der Waals surface area contributed by atoms with Crippen molar-refractivity contribution in [2.75, 3.05) is 13.7 Å². The second-order valence-electron chi connectivity index (χ2n) is 9.34. The van der Waals surface area contributed by atoms with Gasteiger partial charge in [-0.1, -0.05) is 26.8 Å². The maximum atomic E-state index is 12.5. The van der Waals surface area contributed by atoms with Crippen LogP contribution in [-0.4, -0.2) is 39.3 Å². The molecule has 0 saturated heterocycles. The lowest BCUT2D eigenvalue weighted by atomic mass is 9.62. The molecule has 0 aromatic carbocycles. The van der Waals surface area contributed by atoms with Gasteiger partial charge >= 0.3 is 5.97 Å². The van der Waals surface area contributed by atoms with Gasteiger partial charge in [0, 0.05) is 24.5 Å². The summed E-state index contributed by atoms with van der Waals surface area (Å²) in [5.74, 6) is -0.979. The molecule has 0 bridgehead atoms. The van der Waals surface area contributed by atoms with Crippen molar-refractivity contribution >= 4 is 20.1 Å². The zero-order valence-corrected chi connectivity index (χ0v) is 19.1. The van der Waals surface area contributed by atoms with E-state index in [1.54, 1.807) is 6.08 Å². The Morgan fingerprint density at radius 2 is 2.00 bits per heavy atom. The molecule has 1 aliphatic rings. The van der Waals surface area contributed by atoms with Crippen LogP contribution in [0.3, 0.4) is 0 Å². The van der Waals surface area contributed by atoms with Gasteiger partial charge in [0.15, 0.2) is 8.32 Å². The lowest BCUT2D eigenvalue weighted by Gasteiger charge is -2.45. The molecule has 5 nitrogen and oxygen atoms in total. The number of carbonyl (C=O) groups is 2. The van der Waals surface area contributed by atoms with Gasteiger partial charge in [-0.05, 0) is 50.2 Å². The average Bonchev–Trinajstić information content (AvgIpc) is 2.56. The fourth-order valence-electron chi connectivity index (χ4n) is 3.69. The molecule has 2 N–H and O–H groups in total. The lowest BCUT2D eigenvalue weighted by molar-refractivity contribution is -0.153. The number of esters is 1. The van der Waals surface area contributed by atoms with E-state index in [-0.39, 0.29) is 22.7 Å². The van der Waals surface area contributed by atoms with Gasteiger partial charge in [0.2, 0.25) is 0 Å². The number of methoxy groups -OCH3 is 1. The zero-order chi connectivity index (χ0) is 20.9. The molecule has 6 heteroatoms. The third kappa shape index (κ3) is 5.75. The molecule has 0 aliphatic heterocycles. The number of rotatable bonds is 9. The molecule has 0 aromatic heterocycles. The van der Waals surface area contributed by atoms with Crippen molar-refractivity contribution in [3.8, 4) is 0 Å². The molecule has 3 atom stereocenters. The van der Waals surface area contributed by atoms with E-state index in [4.69, 9.17) is 14.9 Å². The number of ether oxygens (including phenoxy) is 1. The first-order chi connectivity index (χ1) is 12.4. The summed E-state index contributed by atoms with van der Waals surface area (Å²) < 4.78 is 11.2. The summed E-state index contributed by atoms with van der Waals surface area (Å²) in [7, 11) is -0.377. The summed E-state index contributed by atoms with van der Waals surface area (Å²) in [5, 5.41) is 0.183. The van der Waals surface area contributed by atoms with Crippen molar-refractivity contribution in [2.24, 2.45) is 17.6 Å². The Balaban J connectivity index is 2.77. The molecule has 0 radical (unpaired) electrons. The van der Waals surface area contributed by atoms with Crippen LogP contribution >= 0.6 is 0 Å². The van der Waals surface area contributed by atoms with Crippen LogP contribution < -0.4 is 5.73 Å². The molecular formula is C21H39NO4Si. The summed E-state index contributed by atoms with van der Waals surface area (Å²) in [6.07, 6.45) is 5.38. The van der Waals surface area contributed by atoms with E-state index in [0.29, 0.717) is 32.3 Å². The number of ketones is 1. The molecule has 0 spiro atoms. The van der Waals surface area contributed by atoms with E-state index >= 15 is 0 Å². The first-order valence-corrected chi connectivity index (χ1v) is 13.0. The van der Waals surface area contributed by atoms with Crippen LogP contribution in [0, 0.1) is 11.8 Å². The fraction of sp³-hybridized carbons (Fsp3) is 0.810. The topological polar surface area (TPSA) is 78.6 Å². The minimum absolute atomic E-state index is 0.134. The number of unbranched alkanes of at least 4 members (excludes halogenated alkanes) is 1. The van der Waals surface area contributed by atoms with Crippen molar-refractivity contribution < 1.29 is 18.8 Å². The number of hydrogen-bond donors (Lipinski definition) is 1. The summed E-state index contributed by atoms with van der Waals surface area (Å²) in [5.41, 5.74) is 5.87. The number of allylic oxidation sites excluding steroid dienone is 1. The lowest BCUT2D eigenvalue weighted by Crippen LogP contribution is -2.60. The van der Waals surface area contributed by atoms with E-state index in [0.717, 1.165) is 12.8 Å². The maximum Gasteiger partial charge on any atom is 0.310 e. The van der Waals surface area contributed by atoms with Crippen LogP contribution in [0.15, 0.2) is 12.7 Å². The molecular weight excluding hydrogens is 358 g/mol. The van der Waals surface area contributed by atoms with Gasteiger partial charge in [0.05, 0.1) is 13.0 Å². The maximum absolute atomic E-state index is 12.5. The molecule has 1 rings (SSSR count). The smallest absolute Gasteiger partial charge is 0.310 e. The van der Waals surface area contributed by atoms with Gasteiger partial charge in [-0.25, -0.2) is 0 Å². The molecule has 1 fully saturated rings. The van der Waals surface area contributed by atoms with Crippen LogP contribution in [0.5, 0.6) is 0 Å². The predicted octanol–water partition coefficient (Wildman–Crippen LogP) is 4.22. The first kappa shape index (κ1) is 24.1. The minimum atomic E-state index is -1.76. The number of hydrogen-bond acceptors (Lipinski definition) is 5. The molecule has 1 aliphatic carbocycles. The molecule has 156 valence electrons. The summed E-state index contributed by atoms with van der Waals surface area (Å²) >= 11 is 0. The normalized spacial score (nSPS) is 26.7. The van der Waals surface area contributed by atoms with Crippen molar-refractivity contribution in [1.82, 2.24) is 0 Å². The minimum Gasteiger partial charge on any atom is -0.469 e.